The quantitative estimate of drug-likeness (QED) is 0.639. The normalized spacial score (nSPS) is 33.2. The van der Waals surface area contributed by atoms with E-state index in [0.29, 0.717) is 29.2 Å². The zero-order valence-corrected chi connectivity index (χ0v) is 17.9. The van der Waals surface area contributed by atoms with Crippen molar-refractivity contribution in [3.05, 3.63) is 65.3 Å². The second-order valence-corrected chi connectivity index (χ2v) is 9.91. The largest absolute Gasteiger partial charge is 0.420 e. The number of aromatic nitrogens is 5. The molecule has 0 saturated heterocycles. The Hall–Kier alpha value is -3.42. The second kappa shape index (κ2) is 5.68. The van der Waals surface area contributed by atoms with Crippen LogP contribution in [0.1, 0.15) is 53.6 Å². The first-order chi connectivity index (χ1) is 15.4. The zero-order chi connectivity index (χ0) is 21.7. The number of nitrogens with zero attached hydrogens (tertiary/aromatic N) is 5. The number of amides is 1. The van der Waals surface area contributed by atoms with Crippen LogP contribution >= 0.6 is 0 Å². The Kier molecular flexibility index (Phi) is 3.23. The maximum Gasteiger partial charge on any atom is 0.270 e. The average Bonchev–Trinajstić information content (AvgIpc) is 3.43. The Morgan fingerprint density at radius 3 is 2.84 bits per heavy atom. The van der Waals surface area contributed by atoms with Gasteiger partial charge in [0.1, 0.15) is 11.5 Å². The SMILES string of the molecule is Cc1ccc(-c2nnc(C34CC5C=C6CC(NC(=O)c7ccnc(C)n7)(C3)C65C4)o2)cn1. The molecule has 3 aromatic heterocycles. The molecule has 32 heavy (non-hydrogen) atoms. The first kappa shape index (κ1) is 18.2. The lowest BCUT2D eigenvalue weighted by molar-refractivity contribution is -0.00441. The zero-order valence-electron chi connectivity index (χ0n) is 17.9. The first-order valence-electron chi connectivity index (χ1n) is 11.0. The van der Waals surface area contributed by atoms with Crippen molar-refractivity contribution in [2.24, 2.45) is 11.3 Å². The fourth-order valence-electron chi connectivity index (χ4n) is 6.99. The maximum atomic E-state index is 13.1. The summed E-state index contributed by atoms with van der Waals surface area (Å²) in [6.07, 6.45) is 9.45. The topological polar surface area (TPSA) is 107 Å². The van der Waals surface area contributed by atoms with Crippen LogP contribution in [-0.4, -0.2) is 36.6 Å². The minimum atomic E-state index is -0.268. The number of fused-ring (bicyclic) bond motifs is 1. The van der Waals surface area contributed by atoms with E-state index in [2.05, 4.69) is 36.5 Å². The number of hydrogen-bond acceptors (Lipinski definition) is 7. The van der Waals surface area contributed by atoms with E-state index in [1.165, 1.54) is 5.57 Å². The molecule has 3 fully saturated rings. The molecule has 2 bridgehead atoms. The smallest absolute Gasteiger partial charge is 0.270 e. The molecule has 7 rings (SSSR count). The van der Waals surface area contributed by atoms with Crippen LogP contribution in [0.25, 0.3) is 11.5 Å². The van der Waals surface area contributed by atoms with E-state index < -0.39 is 0 Å². The van der Waals surface area contributed by atoms with Crippen molar-refractivity contribution < 1.29 is 9.21 Å². The van der Waals surface area contributed by atoms with E-state index in [-0.39, 0.29) is 22.3 Å². The maximum absolute atomic E-state index is 13.1. The molecule has 4 unspecified atom stereocenters. The number of aryl methyl sites for hydroxylation is 2. The van der Waals surface area contributed by atoms with Crippen LogP contribution in [0.5, 0.6) is 0 Å². The molecule has 4 aliphatic rings. The highest BCUT2D eigenvalue weighted by atomic mass is 16.4. The standard InChI is InChI=1S/C24H22N6O2/c1-13-3-4-15(10-26-13)20-29-30-21(32-20)22-8-16-7-17-9-23(11-22,24(16,17)12-22)28-19(31)18-5-6-25-14(2)27-18/h3-7,10,16H,8-9,11-12H2,1-2H3,(H,28,31). The number of carbonyl (C=O) groups is 1. The van der Waals surface area contributed by atoms with E-state index >= 15 is 0 Å². The van der Waals surface area contributed by atoms with Gasteiger partial charge in [-0.25, -0.2) is 9.97 Å². The number of carbonyl (C=O) groups excluding carboxylic acids is 1. The highest BCUT2D eigenvalue weighted by molar-refractivity contribution is 5.93. The van der Waals surface area contributed by atoms with Crippen LogP contribution in [-0.2, 0) is 5.41 Å². The molecule has 4 atom stereocenters. The lowest BCUT2D eigenvalue weighted by atomic mass is 9.41. The van der Waals surface area contributed by atoms with Gasteiger partial charge in [0, 0.05) is 23.5 Å². The van der Waals surface area contributed by atoms with Crippen LogP contribution in [0.15, 0.2) is 46.7 Å². The summed E-state index contributed by atoms with van der Waals surface area (Å²) >= 11 is 0. The lowest BCUT2D eigenvalue weighted by Gasteiger charge is -2.66. The van der Waals surface area contributed by atoms with Crippen molar-refractivity contribution in [2.45, 2.75) is 50.5 Å². The summed E-state index contributed by atoms with van der Waals surface area (Å²) in [5.41, 5.74) is 3.22. The number of nitrogens with one attached hydrogen (secondary N) is 1. The van der Waals surface area contributed by atoms with E-state index in [1.54, 1.807) is 25.4 Å². The third-order valence-electron chi connectivity index (χ3n) is 8.22. The van der Waals surface area contributed by atoms with E-state index in [0.717, 1.165) is 36.9 Å². The molecule has 0 aliphatic heterocycles. The molecule has 1 amide bonds. The predicted molar refractivity (Wildman–Crippen MR) is 113 cm³/mol. The molecule has 8 nitrogen and oxygen atoms in total. The van der Waals surface area contributed by atoms with Gasteiger partial charge in [0.15, 0.2) is 0 Å². The number of pyridine rings is 1. The lowest BCUT2D eigenvalue weighted by Crippen LogP contribution is -2.72. The molecular formula is C24H22N6O2. The fourth-order valence-corrected chi connectivity index (χ4v) is 6.99. The van der Waals surface area contributed by atoms with E-state index in [9.17, 15) is 4.79 Å². The highest BCUT2D eigenvalue weighted by Crippen LogP contribution is 2.83. The molecule has 8 heteroatoms. The Balaban J connectivity index is 1.22. The van der Waals surface area contributed by atoms with Crippen LogP contribution in [0.2, 0.25) is 0 Å². The van der Waals surface area contributed by atoms with Gasteiger partial charge < -0.3 is 9.73 Å². The van der Waals surface area contributed by atoms with Gasteiger partial charge in [-0.2, -0.15) is 0 Å². The van der Waals surface area contributed by atoms with Crippen LogP contribution in [0.4, 0.5) is 0 Å². The Bertz CT molecular complexity index is 1330. The summed E-state index contributed by atoms with van der Waals surface area (Å²) in [5.74, 6) is 2.10. The number of allylic oxidation sites excluding steroid dienone is 1. The highest BCUT2D eigenvalue weighted by Gasteiger charge is 2.82. The van der Waals surface area contributed by atoms with Gasteiger partial charge in [-0.3, -0.25) is 9.78 Å². The third-order valence-corrected chi connectivity index (χ3v) is 8.22. The summed E-state index contributed by atoms with van der Waals surface area (Å²) in [7, 11) is 0. The van der Waals surface area contributed by atoms with Crippen LogP contribution in [0, 0.1) is 25.2 Å². The Labute approximate surface area is 184 Å². The summed E-state index contributed by atoms with van der Waals surface area (Å²) in [4.78, 5) is 25.9. The number of hydrogen-bond donors (Lipinski definition) is 1. The van der Waals surface area contributed by atoms with Crippen LogP contribution in [0.3, 0.4) is 0 Å². The minimum absolute atomic E-state index is 0.0325. The molecule has 1 N–H and O–H groups in total. The van der Waals surface area contributed by atoms with Gasteiger partial charge in [-0.05, 0) is 63.6 Å². The molecule has 3 heterocycles. The monoisotopic (exact) mass is 426 g/mol. The van der Waals surface area contributed by atoms with Gasteiger partial charge in [0.2, 0.25) is 11.8 Å². The van der Waals surface area contributed by atoms with Crippen molar-refractivity contribution in [3.63, 3.8) is 0 Å². The van der Waals surface area contributed by atoms with Gasteiger partial charge in [0.25, 0.3) is 5.91 Å². The van der Waals surface area contributed by atoms with Crippen molar-refractivity contribution in [2.75, 3.05) is 0 Å². The number of rotatable bonds is 4. The van der Waals surface area contributed by atoms with Gasteiger partial charge in [-0.15, -0.1) is 10.2 Å². The van der Waals surface area contributed by atoms with E-state index in [4.69, 9.17) is 4.42 Å². The van der Waals surface area contributed by atoms with Crippen molar-refractivity contribution in [3.8, 4) is 11.5 Å². The Morgan fingerprint density at radius 1 is 1.16 bits per heavy atom. The third kappa shape index (κ3) is 2.07. The van der Waals surface area contributed by atoms with Gasteiger partial charge in [-0.1, -0.05) is 11.6 Å². The van der Waals surface area contributed by atoms with Crippen molar-refractivity contribution in [1.82, 2.24) is 30.5 Å². The van der Waals surface area contributed by atoms with Gasteiger partial charge in [0.05, 0.1) is 16.5 Å². The molecule has 4 aliphatic carbocycles. The minimum Gasteiger partial charge on any atom is -0.420 e. The molecule has 0 aromatic carbocycles. The fraction of sp³-hybridized carbons (Fsp3) is 0.417. The average molecular weight is 426 g/mol. The molecule has 3 saturated carbocycles. The molecular weight excluding hydrogens is 404 g/mol. The molecule has 0 radical (unpaired) electrons. The summed E-state index contributed by atoms with van der Waals surface area (Å²) < 4.78 is 6.23. The first-order valence-corrected chi connectivity index (χ1v) is 11.0. The van der Waals surface area contributed by atoms with Gasteiger partial charge >= 0.3 is 0 Å². The molecule has 1 spiro atoms. The molecule has 160 valence electrons. The predicted octanol–water partition coefficient (Wildman–Crippen LogP) is 3.09. The van der Waals surface area contributed by atoms with Crippen molar-refractivity contribution >= 4 is 5.91 Å². The second-order valence-electron chi connectivity index (χ2n) is 9.91. The molecule has 3 aromatic rings. The van der Waals surface area contributed by atoms with Crippen LogP contribution < -0.4 is 5.32 Å². The summed E-state index contributed by atoms with van der Waals surface area (Å²) in [6.45, 7) is 3.74. The van der Waals surface area contributed by atoms with E-state index in [1.807, 2.05) is 19.1 Å². The Morgan fingerprint density at radius 2 is 2.06 bits per heavy atom. The summed E-state index contributed by atoms with van der Waals surface area (Å²) in [6, 6.07) is 5.57. The van der Waals surface area contributed by atoms with Crippen molar-refractivity contribution in [1.29, 1.82) is 0 Å². The summed E-state index contributed by atoms with van der Waals surface area (Å²) in [5, 5.41) is 12.2.